The number of imidazole rings is 1. The van der Waals surface area contributed by atoms with Crippen molar-refractivity contribution in [1.29, 1.82) is 0 Å². The third-order valence-corrected chi connectivity index (χ3v) is 7.50. The van der Waals surface area contributed by atoms with Crippen LogP contribution in [0.15, 0.2) is 42.5 Å². The van der Waals surface area contributed by atoms with Crippen molar-refractivity contribution in [2.45, 2.75) is 71.8 Å². The van der Waals surface area contributed by atoms with Gasteiger partial charge >= 0.3 is 0 Å². The van der Waals surface area contributed by atoms with E-state index in [2.05, 4.69) is 29.4 Å². The molecule has 3 aromatic rings. The van der Waals surface area contributed by atoms with Crippen molar-refractivity contribution in [1.82, 2.24) is 19.4 Å². The normalized spacial score (nSPS) is 14.4. The van der Waals surface area contributed by atoms with E-state index < -0.39 is 0 Å². The number of aromatic nitrogens is 2. The average Bonchev–Trinajstić information content (AvgIpc) is 3.27. The fraction of sp³-hybridized carbons (Fsp3) is 0.533. The monoisotopic (exact) mass is 508 g/mol. The molecular formula is C30H41ClN4O. The Hall–Kier alpha value is -2.37. The SMILES string of the molecule is CCCCN(CCCC)C(=O)c1ccc2nc(-c3ccc(Cl)cc3)n(CCCN3CCCCC3)c2c1. The predicted octanol–water partition coefficient (Wildman–Crippen LogP) is 7.28. The summed E-state index contributed by atoms with van der Waals surface area (Å²) in [5.41, 5.74) is 3.78. The quantitative estimate of drug-likeness (QED) is 0.258. The van der Waals surface area contributed by atoms with Crippen LogP contribution in [0.4, 0.5) is 0 Å². The molecule has 0 saturated carbocycles. The minimum Gasteiger partial charge on any atom is -0.339 e. The van der Waals surface area contributed by atoms with E-state index in [4.69, 9.17) is 16.6 Å². The van der Waals surface area contributed by atoms with Gasteiger partial charge in [0.1, 0.15) is 5.82 Å². The third kappa shape index (κ3) is 6.68. The highest BCUT2D eigenvalue weighted by Gasteiger charge is 2.19. The molecule has 36 heavy (non-hydrogen) atoms. The molecule has 0 aliphatic carbocycles. The first-order chi connectivity index (χ1) is 17.6. The van der Waals surface area contributed by atoms with Crippen molar-refractivity contribution < 1.29 is 4.79 Å². The number of benzene rings is 2. The van der Waals surface area contributed by atoms with E-state index >= 15 is 0 Å². The highest BCUT2D eigenvalue weighted by molar-refractivity contribution is 6.30. The lowest BCUT2D eigenvalue weighted by molar-refractivity contribution is 0.0751. The number of carbonyl (C=O) groups excluding carboxylic acids is 1. The van der Waals surface area contributed by atoms with Crippen molar-refractivity contribution >= 4 is 28.5 Å². The number of rotatable bonds is 12. The number of unbranched alkanes of at least 4 members (excludes halogenated alkanes) is 2. The van der Waals surface area contributed by atoms with Crippen LogP contribution in [0.3, 0.4) is 0 Å². The summed E-state index contributed by atoms with van der Waals surface area (Å²) in [7, 11) is 0. The van der Waals surface area contributed by atoms with Crippen LogP contribution in [-0.2, 0) is 6.54 Å². The van der Waals surface area contributed by atoms with Gasteiger partial charge in [-0.25, -0.2) is 4.98 Å². The zero-order valence-corrected chi connectivity index (χ0v) is 22.8. The zero-order valence-electron chi connectivity index (χ0n) is 22.0. The largest absolute Gasteiger partial charge is 0.339 e. The fourth-order valence-corrected chi connectivity index (χ4v) is 5.26. The van der Waals surface area contributed by atoms with E-state index in [9.17, 15) is 4.79 Å². The smallest absolute Gasteiger partial charge is 0.253 e. The molecular weight excluding hydrogens is 468 g/mol. The summed E-state index contributed by atoms with van der Waals surface area (Å²) in [6.45, 7) is 10.4. The van der Waals surface area contributed by atoms with Crippen LogP contribution in [0.25, 0.3) is 22.4 Å². The number of hydrogen-bond donors (Lipinski definition) is 0. The summed E-state index contributed by atoms with van der Waals surface area (Å²) in [6.07, 6.45) is 9.27. The molecule has 0 bridgehead atoms. The van der Waals surface area contributed by atoms with Gasteiger partial charge < -0.3 is 14.4 Å². The van der Waals surface area contributed by atoms with Gasteiger partial charge in [0.25, 0.3) is 5.91 Å². The molecule has 194 valence electrons. The maximum atomic E-state index is 13.5. The third-order valence-electron chi connectivity index (χ3n) is 7.25. The van der Waals surface area contributed by atoms with Crippen molar-refractivity contribution in [3.05, 3.63) is 53.1 Å². The maximum absolute atomic E-state index is 13.5. The molecule has 0 atom stereocenters. The molecule has 0 N–H and O–H groups in total. The van der Waals surface area contributed by atoms with Crippen LogP contribution in [0.5, 0.6) is 0 Å². The second-order valence-corrected chi connectivity index (χ2v) is 10.5. The maximum Gasteiger partial charge on any atom is 0.253 e. The van der Waals surface area contributed by atoms with Gasteiger partial charge in [0.05, 0.1) is 11.0 Å². The second-order valence-electron chi connectivity index (χ2n) is 10.1. The van der Waals surface area contributed by atoms with Gasteiger partial charge in [0.2, 0.25) is 0 Å². The van der Waals surface area contributed by atoms with Gasteiger partial charge in [-0.2, -0.15) is 0 Å². The minimum atomic E-state index is 0.132. The molecule has 1 amide bonds. The number of fused-ring (bicyclic) bond motifs is 1. The first-order valence-electron chi connectivity index (χ1n) is 13.9. The number of aryl methyl sites for hydroxylation is 1. The molecule has 1 aromatic heterocycles. The lowest BCUT2D eigenvalue weighted by atomic mass is 10.1. The summed E-state index contributed by atoms with van der Waals surface area (Å²) >= 11 is 6.17. The Morgan fingerprint density at radius 2 is 1.61 bits per heavy atom. The number of amides is 1. The second kappa shape index (κ2) is 13.3. The molecule has 2 aromatic carbocycles. The van der Waals surface area contributed by atoms with E-state index in [1.807, 2.05) is 41.3 Å². The Labute approximate surface area is 221 Å². The van der Waals surface area contributed by atoms with Crippen LogP contribution in [-0.4, -0.2) is 58.0 Å². The molecule has 1 aliphatic heterocycles. The number of nitrogens with zero attached hydrogens (tertiary/aromatic N) is 4. The predicted molar refractivity (Wildman–Crippen MR) is 151 cm³/mol. The molecule has 0 radical (unpaired) electrons. The van der Waals surface area contributed by atoms with Crippen molar-refractivity contribution in [2.75, 3.05) is 32.7 Å². The van der Waals surface area contributed by atoms with E-state index in [0.717, 1.165) is 91.3 Å². The molecule has 1 fully saturated rings. The summed E-state index contributed by atoms with van der Waals surface area (Å²) in [6, 6.07) is 13.9. The molecule has 5 nitrogen and oxygen atoms in total. The molecule has 4 rings (SSSR count). The lowest BCUT2D eigenvalue weighted by Gasteiger charge is -2.26. The minimum absolute atomic E-state index is 0.132. The van der Waals surface area contributed by atoms with Crippen molar-refractivity contribution in [3.63, 3.8) is 0 Å². The molecule has 6 heteroatoms. The Morgan fingerprint density at radius 1 is 0.917 bits per heavy atom. The van der Waals surface area contributed by atoms with Gasteiger partial charge in [0, 0.05) is 35.8 Å². The standard InChI is InChI=1S/C30H41ClN4O/c1-3-5-20-34(21-6-4-2)30(36)25-13-16-27-28(23-25)35(22-10-19-33-17-8-7-9-18-33)29(32-27)24-11-14-26(31)15-12-24/h11-16,23H,3-10,17-22H2,1-2H3. The fourth-order valence-electron chi connectivity index (χ4n) is 5.13. The number of hydrogen-bond acceptors (Lipinski definition) is 3. The summed E-state index contributed by atoms with van der Waals surface area (Å²) in [5, 5.41) is 0.721. The molecule has 2 heterocycles. The lowest BCUT2D eigenvalue weighted by Crippen LogP contribution is -2.33. The number of piperidine rings is 1. The Balaban J connectivity index is 1.64. The highest BCUT2D eigenvalue weighted by atomic mass is 35.5. The van der Waals surface area contributed by atoms with Crippen LogP contribution in [0.1, 0.15) is 75.6 Å². The zero-order chi connectivity index (χ0) is 25.3. The summed E-state index contributed by atoms with van der Waals surface area (Å²) < 4.78 is 2.31. The topological polar surface area (TPSA) is 41.4 Å². The first kappa shape index (κ1) is 26.7. The van der Waals surface area contributed by atoms with E-state index in [1.54, 1.807) is 0 Å². The Bertz CT molecular complexity index is 1110. The molecule has 1 aliphatic rings. The van der Waals surface area contributed by atoms with Gasteiger partial charge in [-0.1, -0.05) is 44.7 Å². The average molecular weight is 509 g/mol. The van der Waals surface area contributed by atoms with Crippen LogP contribution in [0.2, 0.25) is 5.02 Å². The van der Waals surface area contributed by atoms with Gasteiger partial charge in [-0.3, -0.25) is 4.79 Å². The summed E-state index contributed by atoms with van der Waals surface area (Å²) in [5.74, 6) is 1.08. The molecule has 0 unspecified atom stereocenters. The highest BCUT2D eigenvalue weighted by Crippen LogP contribution is 2.28. The van der Waals surface area contributed by atoms with E-state index in [-0.39, 0.29) is 5.91 Å². The Morgan fingerprint density at radius 3 is 2.28 bits per heavy atom. The number of likely N-dealkylation sites (tertiary alicyclic amines) is 1. The van der Waals surface area contributed by atoms with E-state index in [1.165, 1.54) is 32.4 Å². The number of carbonyl (C=O) groups is 1. The van der Waals surface area contributed by atoms with Crippen LogP contribution in [0, 0.1) is 0 Å². The van der Waals surface area contributed by atoms with Gasteiger partial charge in [-0.05, 0) is 94.2 Å². The number of halogens is 1. The molecule has 0 spiro atoms. The van der Waals surface area contributed by atoms with Gasteiger partial charge in [0.15, 0.2) is 0 Å². The Kier molecular flexibility index (Phi) is 9.82. The van der Waals surface area contributed by atoms with Gasteiger partial charge in [-0.15, -0.1) is 0 Å². The van der Waals surface area contributed by atoms with Crippen molar-refractivity contribution in [2.24, 2.45) is 0 Å². The molecule has 1 saturated heterocycles. The summed E-state index contributed by atoms with van der Waals surface area (Å²) in [4.78, 5) is 23.1. The van der Waals surface area contributed by atoms with Crippen LogP contribution >= 0.6 is 11.6 Å². The van der Waals surface area contributed by atoms with E-state index in [0.29, 0.717) is 0 Å². The van der Waals surface area contributed by atoms with Crippen LogP contribution < -0.4 is 0 Å². The first-order valence-corrected chi connectivity index (χ1v) is 14.3. The van der Waals surface area contributed by atoms with Crippen molar-refractivity contribution in [3.8, 4) is 11.4 Å².